The third kappa shape index (κ3) is 5.88. The van der Waals surface area contributed by atoms with Gasteiger partial charge in [0.05, 0.1) is 13.1 Å². The zero-order valence-corrected chi connectivity index (χ0v) is 20.2. The van der Waals surface area contributed by atoms with E-state index in [2.05, 4.69) is 23.6 Å². The molecular weight excluding hydrogens is 508 g/mol. The summed E-state index contributed by atoms with van der Waals surface area (Å²) in [7, 11) is 0. The SMILES string of the molecule is CCNC(=NCC1(c2ccc(F)cc2)CCOCC1)NCC1Cc2ccccc2O1.I. The largest absolute Gasteiger partial charge is 0.488 e. The first-order chi connectivity index (χ1) is 14.7. The number of fused-ring (bicyclic) bond motifs is 1. The zero-order valence-electron chi connectivity index (χ0n) is 17.9. The number of guanidine groups is 1. The predicted molar refractivity (Wildman–Crippen MR) is 132 cm³/mol. The van der Waals surface area contributed by atoms with Gasteiger partial charge in [-0.05, 0) is 49.1 Å². The third-order valence-corrected chi connectivity index (χ3v) is 6.00. The maximum Gasteiger partial charge on any atom is 0.191 e. The molecule has 2 aromatic carbocycles. The van der Waals surface area contributed by atoms with Crippen molar-refractivity contribution in [2.75, 3.05) is 32.8 Å². The molecule has 0 amide bonds. The molecular formula is C24H31FIN3O2. The number of aliphatic imine (C=N–C) groups is 1. The molecule has 4 rings (SSSR count). The lowest BCUT2D eigenvalue weighted by molar-refractivity contribution is 0.0531. The second-order valence-corrected chi connectivity index (χ2v) is 8.03. The van der Waals surface area contributed by atoms with E-state index >= 15 is 0 Å². The van der Waals surface area contributed by atoms with Gasteiger partial charge in [-0.1, -0.05) is 30.3 Å². The molecule has 1 atom stereocenters. The molecule has 0 saturated carbocycles. The molecule has 5 nitrogen and oxygen atoms in total. The van der Waals surface area contributed by atoms with Gasteiger partial charge in [-0.25, -0.2) is 4.39 Å². The summed E-state index contributed by atoms with van der Waals surface area (Å²) in [4.78, 5) is 4.91. The first-order valence-electron chi connectivity index (χ1n) is 10.8. The zero-order chi connectivity index (χ0) is 20.8. The van der Waals surface area contributed by atoms with Gasteiger partial charge in [0, 0.05) is 31.6 Å². The van der Waals surface area contributed by atoms with Crippen molar-refractivity contribution < 1.29 is 13.9 Å². The lowest BCUT2D eigenvalue weighted by Crippen LogP contribution is -2.44. The van der Waals surface area contributed by atoms with E-state index in [4.69, 9.17) is 14.5 Å². The van der Waals surface area contributed by atoms with E-state index in [1.807, 2.05) is 30.3 Å². The molecule has 168 valence electrons. The van der Waals surface area contributed by atoms with E-state index in [-0.39, 0.29) is 41.3 Å². The second-order valence-electron chi connectivity index (χ2n) is 8.03. The van der Waals surface area contributed by atoms with E-state index in [1.165, 1.54) is 17.7 Å². The van der Waals surface area contributed by atoms with Crippen molar-refractivity contribution in [1.29, 1.82) is 0 Å². The van der Waals surface area contributed by atoms with Crippen LogP contribution < -0.4 is 15.4 Å². The molecule has 2 aliphatic heterocycles. The maximum absolute atomic E-state index is 13.5. The summed E-state index contributed by atoms with van der Waals surface area (Å²) < 4.78 is 25.1. The molecule has 2 aromatic rings. The van der Waals surface area contributed by atoms with Gasteiger partial charge in [-0.3, -0.25) is 4.99 Å². The Bertz CT molecular complexity index is 844. The van der Waals surface area contributed by atoms with Crippen molar-refractivity contribution in [1.82, 2.24) is 10.6 Å². The molecule has 2 heterocycles. The summed E-state index contributed by atoms with van der Waals surface area (Å²) in [5.74, 6) is 1.55. The summed E-state index contributed by atoms with van der Waals surface area (Å²) in [6, 6.07) is 15.0. The van der Waals surface area contributed by atoms with E-state index in [0.29, 0.717) is 26.3 Å². The average Bonchev–Trinajstić information content (AvgIpc) is 3.20. The Morgan fingerprint density at radius 3 is 2.55 bits per heavy atom. The van der Waals surface area contributed by atoms with Gasteiger partial charge in [-0.2, -0.15) is 0 Å². The normalized spacial score (nSPS) is 19.7. The number of nitrogens with zero attached hydrogens (tertiary/aromatic N) is 1. The molecule has 31 heavy (non-hydrogen) atoms. The highest BCUT2D eigenvalue weighted by Gasteiger charge is 2.34. The predicted octanol–water partition coefficient (Wildman–Crippen LogP) is 4.05. The van der Waals surface area contributed by atoms with Crippen molar-refractivity contribution in [3.05, 3.63) is 65.5 Å². The van der Waals surface area contributed by atoms with Crippen LogP contribution in [0.25, 0.3) is 0 Å². The van der Waals surface area contributed by atoms with Gasteiger partial charge in [0.2, 0.25) is 0 Å². The minimum Gasteiger partial charge on any atom is -0.488 e. The number of halogens is 2. The van der Waals surface area contributed by atoms with Crippen LogP contribution in [0.2, 0.25) is 0 Å². The number of rotatable bonds is 6. The Morgan fingerprint density at radius 2 is 1.84 bits per heavy atom. The summed E-state index contributed by atoms with van der Waals surface area (Å²) in [6.07, 6.45) is 2.75. The summed E-state index contributed by atoms with van der Waals surface area (Å²) >= 11 is 0. The van der Waals surface area contributed by atoms with Crippen LogP contribution in [0.5, 0.6) is 5.75 Å². The van der Waals surface area contributed by atoms with Crippen molar-refractivity contribution >= 4 is 29.9 Å². The molecule has 0 aliphatic carbocycles. The lowest BCUT2D eigenvalue weighted by atomic mass is 9.74. The van der Waals surface area contributed by atoms with Crippen LogP contribution in [-0.2, 0) is 16.6 Å². The number of hydrogen-bond acceptors (Lipinski definition) is 3. The Labute approximate surface area is 200 Å². The Kier molecular flexibility index (Phi) is 8.54. The van der Waals surface area contributed by atoms with Gasteiger partial charge >= 0.3 is 0 Å². The van der Waals surface area contributed by atoms with Crippen LogP contribution in [0.15, 0.2) is 53.5 Å². The molecule has 1 unspecified atom stereocenters. The Hall–Kier alpha value is -1.87. The van der Waals surface area contributed by atoms with Gasteiger partial charge < -0.3 is 20.1 Å². The summed E-state index contributed by atoms with van der Waals surface area (Å²) in [6.45, 7) is 5.56. The van der Waals surface area contributed by atoms with E-state index in [1.54, 1.807) is 0 Å². The fourth-order valence-corrected chi connectivity index (χ4v) is 4.25. The Balaban J connectivity index is 0.00000272. The van der Waals surface area contributed by atoms with Crippen LogP contribution in [0.3, 0.4) is 0 Å². The standard InChI is InChI=1S/C24H30FN3O2.HI/c1-2-26-23(27-16-21-15-18-5-3-4-6-22(18)30-21)28-17-24(11-13-29-14-12-24)19-7-9-20(25)10-8-19;/h3-10,21H,2,11-17H2,1H3,(H2,26,27,28);1H. The molecule has 7 heteroatoms. The molecule has 0 bridgehead atoms. The minimum atomic E-state index is -0.211. The first kappa shape index (κ1) is 23.8. The third-order valence-electron chi connectivity index (χ3n) is 6.00. The van der Waals surface area contributed by atoms with Gasteiger partial charge in [0.25, 0.3) is 0 Å². The molecule has 0 spiro atoms. The number of benzene rings is 2. The Morgan fingerprint density at radius 1 is 1.10 bits per heavy atom. The van der Waals surface area contributed by atoms with Crippen LogP contribution in [0.1, 0.15) is 30.9 Å². The monoisotopic (exact) mass is 539 g/mol. The van der Waals surface area contributed by atoms with Crippen molar-refractivity contribution in [3.63, 3.8) is 0 Å². The number of hydrogen-bond donors (Lipinski definition) is 2. The summed E-state index contributed by atoms with van der Waals surface area (Å²) in [5.41, 5.74) is 2.25. The van der Waals surface area contributed by atoms with Crippen LogP contribution in [-0.4, -0.2) is 44.9 Å². The van der Waals surface area contributed by atoms with Gasteiger partial charge in [-0.15, -0.1) is 24.0 Å². The van der Waals surface area contributed by atoms with Crippen LogP contribution in [0.4, 0.5) is 4.39 Å². The van der Waals surface area contributed by atoms with Gasteiger partial charge in [0.15, 0.2) is 5.96 Å². The fraction of sp³-hybridized carbons (Fsp3) is 0.458. The van der Waals surface area contributed by atoms with Crippen LogP contribution in [0, 0.1) is 5.82 Å². The molecule has 2 aliphatic rings. The maximum atomic E-state index is 13.5. The van der Waals surface area contributed by atoms with Crippen molar-refractivity contribution in [3.8, 4) is 5.75 Å². The molecule has 1 saturated heterocycles. The van der Waals surface area contributed by atoms with Crippen LogP contribution >= 0.6 is 24.0 Å². The highest BCUT2D eigenvalue weighted by molar-refractivity contribution is 14.0. The van der Waals surface area contributed by atoms with Crippen molar-refractivity contribution in [2.24, 2.45) is 4.99 Å². The molecule has 0 radical (unpaired) electrons. The summed E-state index contributed by atoms with van der Waals surface area (Å²) in [5, 5.41) is 6.77. The van der Waals surface area contributed by atoms with E-state index < -0.39 is 0 Å². The molecule has 1 fully saturated rings. The average molecular weight is 539 g/mol. The lowest BCUT2D eigenvalue weighted by Gasteiger charge is -2.36. The second kappa shape index (κ2) is 11.1. The molecule has 2 N–H and O–H groups in total. The highest BCUT2D eigenvalue weighted by atomic mass is 127. The number of para-hydroxylation sites is 1. The fourth-order valence-electron chi connectivity index (χ4n) is 4.25. The smallest absolute Gasteiger partial charge is 0.191 e. The number of nitrogens with one attached hydrogen (secondary N) is 2. The van der Waals surface area contributed by atoms with Gasteiger partial charge in [0.1, 0.15) is 17.7 Å². The number of ether oxygens (including phenoxy) is 2. The minimum absolute atomic E-state index is 0. The quantitative estimate of drug-likeness (QED) is 0.331. The first-order valence-corrected chi connectivity index (χ1v) is 10.8. The highest BCUT2D eigenvalue weighted by Crippen LogP contribution is 2.35. The van der Waals surface area contributed by atoms with Crippen molar-refractivity contribution in [2.45, 2.75) is 37.7 Å². The van der Waals surface area contributed by atoms with E-state index in [0.717, 1.165) is 43.1 Å². The van der Waals surface area contributed by atoms with E-state index in [9.17, 15) is 4.39 Å². The molecule has 0 aromatic heterocycles. The topological polar surface area (TPSA) is 54.9 Å².